The van der Waals surface area contributed by atoms with Crippen LogP contribution in [-0.4, -0.2) is 30.9 Å². The molecule has 0 aromatic carbocycles. The number of rotatable bonds is 0. The SMILES string of the molecule is NS(=O)(=O)O.NS(=O)(=O)O.c1nc2c(s1)CCCC2. The number of nitrogens with zero attached hydrogens (tertiary/aromatic N) is 1. The third kappa shape index (κ3) is 15.3. The summed E-state index contributed by atoms with van der Waals surface area (Å²) >= 11 is 1.81. The van der Waals surface area contributed by atoms with E-state index in [2.05, 4.69) is 15.3 Å². The van der Waals surface area contributed by atoms with Gasteiger partial charge in [0.25, 0.3) is 0 Å². The van der Waals surface area contributed by atoms with Crippen molar-refractivity contribution in [3.63, 3.8) is 0 Å². The van der Waals surface area contributed by atoms with Crippen molar-refractivity contribution in [1.82, 2.24) is 4.98 Å². The van der Waals surface area contributed by atoms with Gasteiger partial charge in [0.15, 0.2) is 0 Å². The molecule has 1 heterocycles. The van der Waals surface area contributed by atoms with E-state index in [-0.39, 0.29) is 0 Å². The number of aromatic nitrogens is 1. The van der Waals surface area contributed by atoms with Crippen molar-refractivity contribution >= 4 is 31.9 Å². The highest BCUT2D eigenvalue weighted by molar-refractivity contribution is 7.83. The summed E-state index contributed by atoms with van der Waals surface area (Å²) in [5.41, 5.74) is 3.34. The summed E-state index contributed by atoms with van der Waals surface area (Å²) < 4.78 is 50.4. The second kappa shape index (κ2) is 7.84. The molecule has 0 aliphatic heterocycles. The number of hydrogen-bond acceptors (Lipinski definition) is 6. The van der Waals surface area contributed by atoms with Crippen LogP contribution in [0.1, 0.15) is 23.4 Å². The van der Waals surface area contributed by atoms with Crippen molar-refractivity contribution in [2.45, 2.75) is 25.7 Å². The Kier molecular flexibility index (Phi) is 7.58. The Labute approximate surface area is 115 Å². The second-order valence-electron chi connectivity index (χ2n) is 3.46. The molecule has 112 valence electrons. The van der Waals surface area contributed by atoms with Gasteiger partial charge >= 0.3 is 20.6 Å². The molecule has 0 unspecified atom stereocenters. The fourth-order valence-electron chi connectivity index (χ4n) is 1.28. The second-order valence-corrected chi connectivity index (χ2v) is 6.46. The van der Waals surface area contributed by atoms with E-state index in [1.807, 2.05) is 16.8 Å². The molecule has 2 rings (SSSR count). The van der Waals surface area contributed by atoms with Crippen molar-refractivity contribution in [3.05, 3.63) is 16.1 Å². The lowest BCUT2D eigenvalue weighted by Gasteiger charge is -2.06. The van der Waals surface area contributed by atoms with E-state index in [4.69, 9.17) is 25.9 Å². The summed E-state index contributed by atoms with van der Waals surface area (Å²) in [5, 5.41) is 7.76. The standard InChI is InChI=1S/C7H9NS.2H3NO3S/c1-2-4-7-6(3-1)8-5-9-7;2*1-5(2,3)4/h5H,1-4H2;2*(H3,1,2,3,4). The first-order valence-corrected chi connectivity index (χ1v) is 8.77. The Hall–Kier alpha value is -0.630. The molecule has 0 spiro atoms. The number of thiazole rings is 1. The van der Waals surface area contributed by atoms with Gasteiger partial charge in [0, 0.05) is 4.88 Å². The average Bonchev–Trinajstić information content (AvgIpc) is 2.59. The van der Waals surface area contributed by atoms with Crippen molar-refractivity contribution in [1.29, 1.82) is 0 Å². The van der Waals surface area contributed by atoms with E-state index < -0.39 is 20.6 Å². The van der Waals surface area contributed by atoms with Crippen molar-refractivity contribution in [2.75, 3.05) is 0 Å². The minimum absolute atomic E-state index is 1.22. The number of fused-ring (bicyclic) bond motifs is 1. The van der Waals surface area contributed by atoms with E-state index in [0.29, 0.717) is 0 Å². The van der Waals surface area contributed by atoms with E-state index >= 15 is 0 Å². The molecule has 19 heavy (non-hydrogen) atoms. The molecule has 0 saturated carbocycles. The van der Waals surface area contributed by atoms with Gasteiger partial charge in [-0.1, -0.05) is 0 Å². The molecule has 12 heteroatoms. The Morgan fingerprint density at radius 2 is 1.47 bits per heavy atom. The van der Waals surface area contributed by atoms with E-state index in [0.717, 1.165) is 0 Å². The summed E-state index contributed by atoms with van der Waals surface area (Å²) in [5.74, 6) is 0. The molecule has 1 aliphatic carbocycles. The molecular weight excluding hydrogens is 318 g/mol. The first-order chi connectivity index (χ1) is 8.47. The summed E-state index contributed by atoms with van der Waals surface area (Å²) in [7, 11) is -8.33. The monoisotopic (exact) mass is 333 g/mol. The lowest BCUT2D eigenvalue weighted by atomic mass is 10.0. The molecule has 9 nitrogen and oxygen atoms in total. The topological polar surface area (TPSA) is 174 Å². The number of nitrogens with two attached hydrogens (primary N) is 2. The fourth-order valence-corrected chi connectivity index (χ4v) is 2.14. The Bertz CT molecular complexity index is 512. The molecule has 0 radical (unpaired) electrons. The van der Waals surface area contributed by atoms with Crippen molar-refractivity contribution < 1.29 is 25.9 Å². The normalized spacial score (nSPS) is 14.3. The zero-order valence-electron chi connectivity index (χ0n) is 9.76. The zero-order valence-corrected chi connectivity index (χ0v) is 12.2. The van der Waals surface area contributed by atoms with Gasteiger partial charge in [-0.15, -0.1) is 11.3 Å². The first kappa shape index (κ1) is 18.4. The van der Waals surface area contributed by atoms with Gasteiger partial charge in [-0.25, -0.2) is 15.3 Å². The van der Waals surface area contributed by atoms with Gasteiger partial charge in [0.2, 0.25) is 0 Å². The highest BCUT2D eigenvalue weighted by Crippen LogP contribution is 2.22. The van der Waals surface area contributed by atoms with Crippen LogP contribution in [0.15, 0.2) is 5.51 Å². The van der Waals surface area contributed by atoms with Gasteiger partial charge in [0.1, 0.15) is 0 Å². The van der Waals surface area contributed by atoms with Crippen molar-refractivity contribution in [3.8, 4) is 0 Å². The largest absolute Gasteiger partial charge is 0.330 e. The van der Waals surface area contributed by atoms with Crippen LogP contribution < -0.4 is 10.3 Å². The van der Waals surface area contributed by atoms with E-state index in [1.54, 1.807) is 0 Å². The maximum absolute atomic E-state index is 8.97. The molecule has 1 aromatic heterocycles. The van der Waals surface area contributed by atoms with Crippen LogP contribution in [0.2, 0.25) is 0 Å². The van der Waals surface area contributed by atoms with Crippen LogP contribution in [0.3, 0.4) is 0 Å². The first-order valence-electron chi connectivity index (χ1n) is 4.88. The highest BCUT2D eigenvalue weighted by atomic mass is 32.2. The maximum Gasteiger partial charge on any atom is 0.330 e. The van der Waals surface area contributed by atoms with Gasteiger partial charge in [-0.3, -0.25) is 9.11 Å². The predicted molar refractivity (Wildman–Crippen MR) is 70.2 cm³/mol. The van der Waals surface area contributed by atoms with Crippen LogP contribution in [0.5, 0.6) is 0 Å². The fraction of sp³-hybridized carbons (Fsp3) is 0.571. The molecule has 0 saturated heterocycles. The summed E-state index contributed by atoms with van der Waals surface area (Å²) in [4.78, 5) is 5.80. The Morgan fingerprint density at radius 1 is 1.05 bits per heavy atom. The van der Waals surface area contributed by atoms with Crippen LogP contribution in [0.25, 0.3) is 0 Å². The Balaban J connectivity index is 0.000000283. The quantitative estimate of drug-likeness (QED) is 0.463. The number of aryl methyl sites for hydroxylation is 2. The van der Waals surface area contributed by atoms with Gasteiger partial charge in [-0.2, -0.15) is 16.8 Å². The third-order valence-electron chi connectivity index (χ3n) is 1.79. The van der Waals surface area contributed by atoms with Crippen LogP contribution >= 0.6 is 11.3 Å². The Morgan fingerprint density at radius 3 is 1.89 bits per heavy atom. The summed E-state index contributed by atoms with van der Waals surface area (Å²) in [6, 6.07) is 0. The average molecular weight is 333 g/mol. The van der Waals surface area contributed by atoms with E-state index in [9.17, 15) is 0 Å². The van der Waals surface area contributed by atoms with Gasteiger partial charge < -0.3 is 0 Å². The highest BCUT2D eigenvalue weighted by Gasteiger charge is 2.09. The minimum Gasteiger partial charge on any atom is -0.274 e. The molecule has 0 bridgehead atoms. The molecule has 0 atom stereocenters. The smallest absolute Gasteiger partial charge is 0.274 e. The van der Waals surface area contributed by atoms with Gasteiger partial charge in [-0.05, 0) is 25.7 Å². The van der Waals surface area contributed by atoms with Gasteiger partial charge in [0.05, 0.1) is 11.2 Å². The van der Waals surface area contributed by atoms with Crippen LogP contribution in [0.4, 0.5) is 0 Å². The molecular formula is C7H15N3O6S3. The molecule has 1 aliphatic rings. The molecule has 0 fully saturated rings. The minimum atomic E-state index is -4.17. The van der Waals surface area contributed by atoms with Crippen molar-refractivity contribution in [2.24, 2.45) is 10.3 Å². The summed E-state index contributed by atoms with van der Waals surface area (Å²) in [6.45, 7) is 0. The maximum atomic E-state index is 8.97. The summed E-state index contributed by atoms with van der Waals surface area (Å²) in [6.07, 6.45) is 5.21. The van der Waals surface area contributed by atoms with E-state index in [1.165, 1.54) is 36.3 Å². The lowest BCUT2D eigenvalue weighted by molar-refractivity contribution is 0.482. The third-order valence-corrected chi connectivity index (χ3v) is 2.73. The predicted octanol–water partition coefficient (Wildman–Crippen LogP) is -0.482. The number of hydrogen-bond donors (Lipinski definition) is 4. The lowest BCUT2D eigenvalue weighted by Crippen LogP contribution is -2.08. The molecule has 1 aromatic rings. The zero-order chi connectivity index (χ0) is 15.1. The molecule has 6 N–H and O–H groups in total. The van der Waals surface area contributed by atoms with Crippen LogP contribution in [-0.2, 0) is 33.4 Å². The van der Waals surface area contributed by atoms with Crippen LogP contribution in [0, 0.1) is 0 Å². The molecule has 0 amide bonds.